The Morgan fingerprint density at radius 3 is 2.72 bits per heavy atom. The van der Waals surface area contributed by atoms with Crippen LogP contribution in [0, 0.1) is 5.82 Å². The maximum Gasteiger partial charge on any atom is 0.293 e. The first-order valence-electron chi connectivity index (χ1n) is 8.44. The minimum absolute atomic E-state index is 0.0193. The van der Waals surface area contributed by atoms with Crippen LogP contribution in [0.5, 0.6) is 0 Å². The SMILES string of the molecule is NC1CCN(c2cc3c(cc2F)c(=O)c2c(=O)[nH]oc2n3C2CC2)C1. The Bertz CT molecular complexity index is 1120. The molecule has 25 heavy (non-hydrogen) atoms. The number of hydrogen-bond acceptors (Lipinski definition) is 5. The van der Waals surface area contributed by atoms with Crippen molar-refractivity contribution >= 4 is 27.7 Å². The second-order valence-electron chi connectivity index (χ2n) is 6.96. The van der Waals surface area contributed by atoms with Gasteiger partial charge in [0.2, 0.25) is 11.1 Å². The Balaban J connectivity index is 1.86. The Morgan fingerprint density at radius 2 is 2.04 bits per heavy atom. The molecule has 2 aromatic heterocycles. The van der Waals surface area contributed by atoms with E-state index in [1.807, 2.05) is 9.47 Å². The molecule has 8 heteroatoms. The number of anilines is 1. The molecule has 1 aliphatic carbocycles. The molecule has 1 aromatic carbocycles. The Hall–Kier alpha value is -2.61. The summed E-state index contributed by atoms with van der Waals surface area (Å²) < 4.78 is 21.8. The molecule has 3 heterocycles. The van der Waals surface area contributed by atoms with Crippen LogP contribution in [0.2, 0.25) is 0 Å². The van der Waals surface area contributed by atoms with Crippen LogP contribution in [-0.2, 0) is 0 Å². The van der Waals surface area contributed by atoms with Crippen molar-refractivity contribution in [2.24, 2.45) is 5.73 Å². The maximum atomic E-state index is 14.7. The van der Waals surface area contributed by atoms with Gasteiger partial charge >= 0.3 is 0 Å². The maximum absolute atomic E-state index is 14.7. The molecule has 2 fully saturated rings. The lowest BCUT2D eigenvalue weighted by molar-refractivity contribution is 0.428. The fourth-order valence-corrected chi connectivity index (χ4v) is 3.78. The summed E-state index contributed by atoms with van der Waals surface area (Å²) in [5.41, 5.74) is 6.13. The normalized spacial score (nSPS) is 20.9. The van der Waals surface area contributed by atoms with Crippen LogP contribution in [0.3, 0.4) is 0 Å². The first-order valence-corrected chi connectivity index (χ1v) is 8.44. The van der Waals surface area contributed by atoms with Gasteiger partial charge in [0, 0.05) is 30.6 Å². The van der Waals surface area contributed by atoms with Crippen molar-refractivity contribution < 1.29 is 8.91 Å². The van der Waals surface area contributed by atoms with Crippen molar-refractivity contribution in [3.8, 4) is 0 Å². The second kappa shape index (κ2) is 4.95. The molecule has 5 rings (SSSR count). The molecule has 2 aliphatic rings. The van der Waals surface area contributed by atoms with E-state index in [2.05, 4.69) is 5.16 Å². The molecule has 0 radical (unpaired) electrons. The smallest absolute Gasteiger partial charge is 0.293 e. The molecule has 0 spiro atoms. The highest BCUT2D eigenvalue weighted by atomic mass is 19.1. The van der Waals surface area contributed by atoms with Gasteiger partial charge in [-0.1, -0.05) is 0 Å². The van der Waals surface area contributed by atoms with Crippen LogP contribution in [0.4, 0.5) is 10.1 Å². The highest BCUT2D eigenvalue weighted by molar-refractivity contribution is 5.93. The molecule has 1 saturated heterocycles. The van der Waals surface area contributed by atoms with E-state index in [0.717, 1.165) is 19.3 Å². The van der Waals surface area contributed by atoms with E-state index in [1.54, 1.807) is 6.07 Å². The lowest BCUT2D eigenvalue weighted by Crippen LogP contribution is -2.27. The van der Waals surface area contributed by atoms with E-state index >= 15 is 0 Å². The fourth-order valence-electron chi connectivity index (χ4n) is 3.78. The van der Waals surface area contributed by atoms with Gasteiger partial charge in [0.1, 0.15) is 5.82 Å². The van der Waals surface area contributed by atoms with E-state index in [4.69, 9.17) is 10.3 Å². The number of rotatable bonds is 2. The molecular weight excluding hydrogens is 327 g/mol. The zero-order valence-corrected chi connectivity index (χ0v) is 13.4. The summed E-state index contributed by atoms with van der Waals surface area (Å²) in [6.45, 7) is 1.26. The number of aromatic nitrogens is 2. The molecule has 7 nitrogen and oxygen atoms in total. The van der Waals surface area contributed by atoms with Gasteiger partial charge in [0.05, 0.1) is 11.2 Å². The van der Waals surface area contributed by atoms with Gasteiger partial charge in [0.25, 0.3) is 5.56 Å². The first kappa shape index (κ1) is 14.7. The summed E-state index contributed by atoms with van der Waals surface area (Å²) in [5.74, 6) is -0.472. The average molecular weight is 344 g/mol. The second-order valence-corrected chi connectivity index (χ2v) is 6.96. The van der Waals surface area contributed by atoms with Gasteiger partial charge < -0.3 is 19.7 Å². The summed E-state index contributed by atoms with van der Waals surface area (Å²) >= 11 is 0. The van der Waals surface area contributed by atoms with Gasteiger partial charge in [-0.15, -0.1) is 0 Å². The van der Waals surface area contributed by atoms with Crippen LogP contribution in [-0.4, -0.2) is 28.9 Å². The first-order chi connectivity index (χ1) is 12.0. The lowest BCUT2D eigenvalue weighted by atomic mass is 10.1. The molecular formula is C17H17FN4O3. The predicted molar refractivity (Wildman–Crippen MR) is 91.6 cm³/mol. The van der Waals surface area contributed by atoms with E-state index in [1.165, 1.54) is 6.07 Å². The molecule has 1 unspecified atom stereocenters. The van der Waals surface area contributed by atoms with E-state index < -0.39 is 16.8 Å². The molecule has 130 valence electrons. The van der Waals surface area contributed by atoms with Gasteiger partial charge in [0.15, 0.2) is 5.39 Å². The molecule has 0 bridgehead atoms. The van der Waals surface area contributed by atoms with E-state index in [0.29, 0.717) is 24.3 Å². The van der Waals surface area contributed by atoms with Gasteiger partial charge in [-0.2, -0.15) is 5.16 Å². The average Bonchev–Trinajstić information content (AvgIpc) is 3.21. The third kappa shape index (κ3) is 2.07. The van der Waals surface area contributed by atoms with Gasteiger partial charge in [-0.3, -0.25) is 9.59 Å². The third-order valence-electron chi connectivity index (χ3n) is 5.17. The number of nitrogens with two attached hydrogens (primary N) is 1. The summed E-state index contributed by atoms with van der Waals surface area (Å²) in [4.78, 5) is 26.6. The Morgan fingerprint density at radius 1 is 1.24 bits per heavy atom. The fraction of sp³-hybridized carbons (Fsp3) is 0.412. The number of fused-ring (bicyclic) bond motifs is 2. The number of nitrogens with one attached hydrogen (secondary N) is 1. The number of aromatic amines is 1. The minimum Gasteiger partial charge on any atom is -0.367 e. The number of pyridine rings is 1. The van der Waals surface area contributed by atoms with Gasteiger partial charge in [-0.25, -0.2) is 4.39 Å². The number of halogens is 1. The number of H-pyrrole nitrogens is 1. The third-order valence-corrected chi connectivity index (χ3v) is 5.17. The zero-order chi connectivity index (χ0) is 17.3. The summed E-state index contributed by atoms with van der Waals surface area (Å²) in [6, 6.07) is 3.10. The number of benzene rings is 1. The predicted octanol–water partition coefficient (Wildman–Crippen LogP) is 1.45. The highest BCUT2D eigenvalue weighted by Crippen LogP contribution is 2.40. The molecule has 1 aliphatic heterocycles. The van der Waals surface area contributed by atoms with Gasteiger partial charge in [-0.05, 0) is 31.4 Å². The summed E-state index contributed by atoms with van der Waals surface area (Å²) in [5, 5.41) is 2.39. The van der Waals surface area contributed by atoms with Crippen molar-refractivity contribution in [1.29, 1.82) is 0 Å². The van der Waals surface area contributed by atoms with E-state index in [-0.39, 0.29) is 28.6 Å². The number of hydrogen-bond donors (Lipinski definition) is 2. The molecule has 3 aromatic rings. The molecule has 0 amide bonds. The topological polar surface area (TPSA) is 97.3 Å². The standard InChI is InChI=1S/C17H17FN4O3/c18-11-5-10-12(6-13(11)21-4-3-8(19)7-21)22(9-1-2-9)17-14(15(10)23)16(24)20-25-17/h5-6,8-9H,1-4,7,19H2,(H,20,24). The van der Waals surface area contributed by atoms with Crippen molar-refractivity contribution in [3.63, 3.8) is 0 Å². The van der Waals surface area contributed by atoms with Crippen LogP contribution in [0.15, 0.2) is 26.2 Å². The van der Waals surface area contributed by atoms with Crippen molar-refractivity contribution in [1.82, 2.24) is 9.72 Å². The van der Waals surface area contributed by atoms with Crippen LogP contribution in [0.1, 0.15) is 25.3 Å². The molecule has 1 saturated carbocycles. The van der Waals surface area contributed by atoms with Crippen LogP contribution < -0.4 is 21.6 Å². The van der Waals surface area contributed by atoms with E-state index in [9.17, 15) is 14.0 Å². The quantitative estimate of drug-likeness (QED) is 0.733. The monoisotopic (exact) mass is 344 g/mol. The Labute approximate surface area is 140 Å². The summed E-state index contributed by atoms with van der Waals surface area (Å²) in [7, 11) is 0. The van der Waals surface area contributed by atoms with Crippen molar-refractivity contribution in [2.45, 2.75) is 31.3 Å². The zero-order valence-electron chi connectivity index (χ0n) is 13.4. The van der Waals surface area contributed by atoms with Crippen LogP contribution >= 0.6 is 0 Å². The molecule has 1 atom stereocenters. The molecule has 3 N–H and O–H groups in total. The highest BCUT2D eigenvalue weighted by Gasteiger charge is 2.31. The minimum atomic E-state index is -0.577. The van der Waals surface area contributed by atoms with Crippen LogP contribution in [0.25, 0.3) is 22.0 Å². The lowest BCUT2D eigenvalue weighted by Gasteiger charge is -2.20. The summed E-state index contributed by atoms with van der Waals surface area (Å²) in [6.07, 6.45) is 2.67. The van der Waals surface area contributed by atoms with Crippen molar-refractivity contribution in [2.75, 3.05) is 18.0 Å². The largest absolute Gasteiger partial charge is 0.367 e. The number of nitrogens with zero attached hydrogens (tertiary/aromatic N) is 2. The van der Waals surface area contributed by atoms with Crippen molar-refractivity contribution in [3.05, 3.63) is 38.5 Å². The Kier molecular flexibility index (Phi) is 2.91.